The van der Waals surface area contributed by atoms with E-state index < -0.39 is 0 Å². The molecule has 4 heterocycles. The number of piperazine rings is 1. The molecular formula is C34H39N5O3. The van der Waals surface area contributed by atoms with Crippen molar-refractivity contribution in [3.63, 3.8) is 0 Å². The van der Waals surface area contributed by atoms with Crippen LogP contribution in [0.5, 0.6) is 0 Å². The zero-order valence-electron chi connectivity index (χ0n) is 24.3. The van der Waals surface area contributed by atoms with E-state index in [0.717, 1.165) is 74.4 Å². The lowest BCUT2D eigenvalue weighted by atomic mass is 10.0. The number of piperidine rings is 1. The second-order valence-corrected chi connectivity index (χ2v) is 11.6. The largest absolute Gasteiger partial charge is 0.341 e. The summed E-state index contributed by atoms with van der Waals surface area (Å²) in [6.45, 7) is 6.71. The molecule has 0 saturated carbocycles. The summed E-state index contributed by atoms with van der Waals surface area (Å²) in [6, 6.07) is 24.0. The van der Waals surface area contributed by atoms with Gasteiger partial charge in [0.05, 0.1) is 11.4 Å². The number of amides is 3. The van der Waals surface area contributed by atoms with Crippen molar-refractivity contribution < 1.29 is 14.4 Å². The van der Waals surface area contributed by atoms with E-state index in [1.807, 2.05) is 82.6 Å². The molecule has 0 bridgehead atoms. The molecule has 0 aliphatic carbocycles. The van der Waals surface area contributed by atoms with Crippen LogP contribution in [0.1, 0.15) is 43.0 Å². The minimum absolute atomic E-state index is 0.00695. The Morgan fingerprint density at radius 1 is 0.690 bits per heavy atom. The van der Waals surface area contributed by atoms with Crippen LogP contribution in [0.2, 0.25) is 0 Å². The van der Waals surface area contributed by atoms with Crippen LogP contribution in [-0.2, 0) is 9.59 Å². The summed E-state index contributed by atoms with van der Waals surface area (Å²) < 4.78 is 0. The molecule has 0 unspecified atom stereocenters. The topological polar surface area (TPSA) is 77.1 Å². The monoisotopic (exact) mass is 565 g/mol. The summed E-state index contributed by atoms with van der Waals surface area (Å²) in [7, 11) is 0. The molecule has 0 spiro atoms. The number of hydrogen-bond acceptors (Lipinski definition) is 5. The average Bonchev–Trinajstić information content (AvgIpc) is 3.56. The van der Waals surface area contributed by atoms with Crippen molar-refractivity contribution in [3.8, 4) is 22.5 Å². The number of hydrogen-bond donors (Lipinski definition) is 0. The van der Waals surface area contributed by atoms with Crippen LogP contribution < -0.4 is 0 Å². The van der Waals surface area contributed by atoms with E-state index in [2.05, 4.69) is 4.90 Å². The number of likely N-dealkylation sites (tertiary alicyclic amines) is 2. The highest BCUT2D eigenvalue weighted by atomic mass is 16.2. The summed E-state index contributed by atoms with van der Waals surface area (Å²) in [4.78, 5) is 51.9. The molecule has 6 rings (SSSR count). The first kappa shape index (κ1) is 28.1. The Balaban J connectivity index is 1.08. The van der Waals surface area contributed by atoms with Gasteiger partial charge in [0, 0.05) is 75.5 Å². The summed E-state index contributed by atoms with van der Waals surface area (Å²) in [6.07, 6.45) is 3.52. The molecule has 1 aromatic heterocycles. The molecule has 3 amide bonds. The molecule has 8 heteroatoms. The Labute approximate surface area is 247 Å². The maximum Gasteiger partial charge on any atom is 0.254 e. The van der Waals surface area contributed by atoms with Crippen molar-refractivity contribution in [2.24, 2.45) is 0 Å². The number of pyridine rings is 1. The molecule has 2 aromatic carbocycles. The number of aromatic nitrogens is 1. The van der Waals surface area contributed by atoms with E-state index in [-0.39, 0.29) is 23.8 Å². The SMILES string of the molecule is CC(=O)N1CCC[C@H]1C(=O)N1CCC(N2CCN(C(=O)c3cc(-c4ccccc4)nc(-c4ccccc4)c3)CC2)CC1. The highest BCUT2D eigenvalue weighted by molar-refractivity contribution is 5.96. The molecule has 0 radical (unpaired) electrons. The van der Waals surface area contributed by atoms with Gasteiger partial charge in [0.25, 0.3) is 5.91 Å². The number of nitrogens with zero attached hydrogens (tertiary/aromatic N) is 5. The standard InChI is InChI=1S/C34H39N5O3/c1-25(40)39-16-8-13-32(39)34(42)37-17-14-29(15-18-37)36-19-21-38(22-20-36)33(41)28-23-30(26-9-4-2-5-10-26)35-31(24-28)27-11-6-3-7-12-27/h2-7,9-12,23-24,29,32H,8,13-22H2,1H3/t32-/m0/s1. The minimum Gasteiger partial charge on any atom is -0.341 e. The van der Waals surface area contributed by atoms with Gasteiger partial charge in [0.1, 0.15) is 6.04 Å². The van der Waals surface area contributed by atoms with E-state index >= 15 is 0 Å². The van der Waals surface area contributed by atoms with Gasteiger partial charge in [0.2, 0.25) is 11.8 Å². The molecule has 3 fully saturated rings. The molecule has 8 nitrogen and oxygen atoms in total. The molecule has 3 aliphatic heterocycles. The molecule has 1 atom stereocenters. The Hall–Kier alpha value is -4.04. The average molecular weight is 566 g/mol. The zero-order chi connectivity index (χ0) is 29.1. The van der Waals surface area contributed by atoms with Gasteiger partial charge in [-0.2, -0.15) is 0 Å². The molecule has 3 saturated heterocycles. The van der Waals surface area contributed by atoms with Crippen LogP contribution in [0.4, 0.5) is 0 Å². The van der Waals surface area contributed by atoms with Gasteiger partial charge in [0.15, 0.2) is 0 Å². The van der Waals surface area contributed by atoms with E-state index in [0.29, 0.717) is 31.2 Å². The molecule has 0 N–H and O–H groups in total. The second-order valence-electron chi connectivity index (χ2n) is 11.6. The Bertz CT molecular complexity index is 1360. The number of benzene rings is 2. The molecule has 42 heavy (non-hydrogen) atoms. The smallest absolute Gasteiger partial charge is 0.254 e. The predicted molar refractivity (Wildman–Crippen MR) is 163 cm³/mol. The van der Waals surface area contributed by atoms with Crippen molar-refractivity contribution in [1.82, 2.24) is 24.6 Å². The van der Waals surface area contributed by atoms with Gasteiger partial charge in [-0.15, -0.1) is 0 Å². The first-order valence-electron chi connectivity index (χ1n) is 15.2. The second kappa shape index (κ2) is 12.4. The highest BCUT2D eigenvalue weighted by Gasteiger charge is 2.37. The van der Waals surface area contributed by atoms with E-state index in [9.17, 15) is 14.4 Å². The third kappa shape index (κ3) is 5.95. The third-order valence-corrected chi connectivity index (χ3v) is 9.05. The lowest BCUT2D eigenvalue weighted by molar-refractivity contribution is -0.144. The van der Waals surface area contributed by atoms with Gasteiger partial charge >= 0.3 is 0 Å². The maximum atomic E-state index is 13.8. The van der Waals surface area contributed by atoms with Crippen molar-refractivity contribution in [1.29, 1.82) is 0 Å². The third-order valence-electron chi connectivity index (χ3n) is 9.05. The Kier molecular flexibility index (Phi) is 8.33. The molecule has 3 aromatic rings. The van der Waals surface area contributed by atoms with E-state index in [1.165, 1.54) is 0 Å². The molecule has 218 valence electrons. The Morgan fingerprint density at radius 3 is 1.81 bits per heavy atom. The van der Waals surface area contributed by atoms with Gasteiger partial charge < -0.3 is 14.7 Å². The highest BCUT2D eigenvalue weighted by Crippen LogP contribution is 2.27. The first-order chi connectivity index (χ1) is 20.5. The number of carbonyl (C=O) groups excluding carboxylic acids is 3. The van der Waals surface area contributed by atoms with Crippen LogP contribution in [0.15, 0.2) is 72.8 Å². The fourth-order valence-electron chi connectivity index (χ4n) is 6.70. The lowest BCUT2D eigenvalue weighted by Gasteiger charge is -2.43. The molecular weight excluding hydrogens is 526 g/mol. The van der Waals surface area contributed by atoms with E-state index in [1.54, 1.807) is 11.8 Å². The van der Waals surface area contributed by atoms with Crippen molar-refractivity contribution in [2.75, 3.05) is 45.8 Å². The maximum absolute atomic E-state index is 13.8. The number of carbonyl (C=O) groups is 3. The van der Waals surface area contributed by atoms with Gasteiger partial charge in [-0.05, 0) is 37.8 Å². The van der Waals surface area contributed by atoms with Crippen LogP contribution >= 0.6 is 0 Å². The minimum atomic E-state index is -0.286. The summed E-state index contributed by atoms with van der Waals surface area (Å²) >= 11 is 0. The fourth-order valence-corrected chi connectivity index (χ4v) is 6.70. The zero-order valence-corrected chi connectivity index (χ0v) is 24.3. The normalized spacial score (nSPS) is 20.1. The van der Waals surface area contributed by atoms with Crippen LogP contribution in [0.3, 0.4) is 0 Å². The van der Waals surface area contributed by atoms with Crippen molar-refractivity contribution in [3.05, 3.63) is 78.4 Å². The number of rotatable bonds is 5. The van der Waals surface area contributed by atoms with Crippen LogP contribution in [0, 0.1) is 0 Å². The predicted octanol–water partition coefficient (Wildman–Crippen LogP) is 4.18. The summed E-state index contributed by atoms with van der Waals surface area (Å²) in [5, 5.41) is 0. The van der Waals surface area contributed by atoms with Crippen LogP contribution in [0.25, 0.3) is 22.5 Å². The lowest BCUT2D eigenvalue weighted by Crippen LogP contribution is -2.56. The molecule has 3 aliphatic rings. The Morgan fingerprint density at radius 2 is 1.26 bits per heavy atom. The summed E-state index contributed by atoms with van der Waals surface area (Å²) in [5.74, 6) is 0.143. The first-order valence-corrected chi connectivity index (χ1v) is 15.2. The van der Waals surface area contributed by atoms with Crippen LogP contribution in [-0.4, -0.2) is 100 Å². The van der Waals surface area contributed by atoms with Gasteiger partial charge in [-0.3, -0.25) is 19.3 Å². The summed E-state index contributed by atoms with van der Waals surface area (Å²) in [5.41, 5.74) is 4.23. The van der Waals surface area contributed by atoms with E-state index in [4.69, 9.17) is 4.98 Å². The van der Waals surface area contributed by atoms with Gasteiger partial charge in [-0.25, -0.2) is 4.98 Å². The van der Waals surface area contributed by atoms with Gasteiger partial charge in [-0.1, -0.05) is 60.7 Å². The van der Waals surface area contributed by atoms with Crippen molar-refractivity contribution >= 4 is 17.7 Å². The fraction of sp³-hybridized carbons (Fsp3) is 0.412. The van der Waals surface area contributed by atoms with Crippen molar-refractivity contribution in [2.45, 2.75) is 44.7 Å². The quantitative estimate of drug-likeness (QED) is 0.464.